The first kappa shape index (κ1) is 17.6. The van der Waals surface area contributed by atoms with Gasteiger partial charge in [0.2, 0.25) is 0 Å². The van der Waals surface area contributed by atoms with E-state index < -0.39 is 0 Å². The standard InChI is InChI=1S/C18H20N6O2S/c1-12-17(22-23-24(12)14-6-7-19-8-14)18(25)21-15-4-2-3-5-16(15)26-9-13-10-27-11-20-13/h2-5,10-11,14,19H,6-9H2,1H3,(H,21,25). The van der Waals surface area contributed by atoms with Crippen LogP contribution in [0.2, 0.25) is 0 Å². The largest absolute Gasteiger partial charge is 0.485 e. The van der Waals surface area contributed by atoms with E-state index in [1.807, 2.05) is 35.2 Å². The molecule has 2 aromatic heterocycles. The van der Waals surface area contributed by atoms with Crippen molar-refractivity contribution in [1.82, 2.24) is 25.3 Å². The molecule has 0 spiro atoms. The SMILES string of the molecule is Cc1c(C(=O)Nc2ccccc2OCc2cscn2)nnn1C1CCNC1. The van der Waals surface area contributed by atoms with E-state index in [0.717, 1.165) is 30.9 Å². The van der Waals surface area contributed by atoms with Crippen LogP contribution in [0, 0.1) is 6.92 Å². The summed E-state index contributed by atoms with van der Waals surface area (Å²) in [4.78, 5) is 16.9. The van der Waals surface area contributed by atoms with E-state index in [0.29, 0.717) is 23.7 Å². The number of aromatic nitrogens is 4. The lowest BCUT2D eigenvalue weighted by Gasteiger charge is -2.12. The smallest absolute Gasteiger partial charge is 0.278 e. The lowest BCUT2D eigenvalue weighted by Crippen LogP contribution is -2.17. The van der Waals surface area contributed by atoms with Crippen molar-refractivity contribution in [3.05, 3.63) is 52.2 Å². The number of nitrogens with one attached hydrogen (secondary N) is 2. The van der Waals surface area contributed by atoms with Crippen LogP contribution >= 0.6 is 11.3 Å². The molecule has 1 aromatic carbocycles. The van der Waals surface area contributed by atoms with E-state index in [1.54, 1.807) is 11.6 Å². The van der Waals surface area contributed by atoms with Crippen molar-refractivity contribution in [2.24, 2.45) is 0 Å². The van der Waals surface area contributed by atoms with Gasteiger partial charge in [0.1, 0.15) is 12.4 Å². The van der Waals surface area contributed by atoms with Crippen LogP contribution in [-0.2, 0) is 6.61 Å². The molecular formula is C18H20N6O2S. The maximum absolute atomic E-state index is 12.7. The fraction of sp³-hybridized carbons (Fsp3) is 0.333. The van der Waals surface area contributed by atoms with E-state index in [2.05, 4.69) is 25.9 Å². The van der Waals surface area contributed by atoms with Gasteiger partial charge < -0.3 is 15.4 Å². The van der Waals surface area contributed by atoms with Crippen LogP contribution < -0.4 is 15.4 Å². The molecule has 1 saturated heterocycles. The quantitative estimate of drug-likeness (QED) is 0.678. The van der Waals surface area contributed by atoms with Gasteiger partial charge >= 0.3 is 0 Å². The summed E-state index contributed by atoms with van der Waals surface area (Å²) >= 11 is 1.52. The topological polar surface area (TPSA) is 94.0 Å². The fourth-order valence-corrected chi connectivity index (χ4v) is 3.63. The molecule has 3 heterocycles. The Hall–Kier alpha value is -2.78. The van der Waals surface area contributed by atoms with E-state index >= 15 is 0 Å². The number of benzene rings is 1. The van der Waals surface area contributed by atoms with Gasteiger partial charge in [0.25, 0.3) is 5.91 Å². The summed E-state index contributed by atoms with van der Waals surface area (Å²) in [6.07, 6.45) is 0.985. The van der Waals surface area contributed by atoms with Gasteiger partial charge in [-0.2, -0.15) is 0 Å². The molecule has 2 N–H and O–H groups in total. The average molecular weight is 384 g/mol. The molecule has 27 heavy (non-hydrogen) atoms. The number of hydrogen-bond donors (Lipinski definition) is 2. The van der Waals surface area contributed by atoms with Crippen molar-refractivity contribution in [2.45, 2.75) is 26.0 Å². The normalized spacial score (nSPS) is 16.4. The minimum absolute atomic E-state index is 0.243. The summed E-state index contributed by atoms with van der Waals surface area (Å²) in [5, 5.41) is 16.4. The van der Waals surface area contributed by atoms with Gasteiger partial charge in [-0.1, -0.05) is 17.3 Å². The van der Waals surface area contributed by atoms with Gasteiger partial charge in [0.15, 0.2) is 5.69 Å². The van der Waals surface area contributed by atoms with Gasteiger partial charge in [0.05, 0.1) is 28.6 Å². The number of thiazole rings is 1. The van der Waals surface area contributed by atoms with Crippen LogP contribution in [-0.4, -0.2) is 39.0 Å². The van der Waals surface area contributed by atoms with Gasteiger partial charge in [-0.15, -0.1) is 16.4 Å². The number of rotatable bonds is 6. The zero-order valence-corrected chi connectivity index (χ0v) is 15.7. The minimum atomic E-state index is -0.297. The predicted octanol–water partition coefficient (Wildman–Crippen LogP) is 2.41. The monoisotopic (exact) mass is 384 g/mol. The first-order valence-electron chi connectivity index (χ1n) is 8.75. The molecule has 1 unspecified atom stereocenters. The molecule has 9 heteroatoms. The first-order chi connectivity index (χ1) is 13.2. The van der Waals surface area contributed by atoms with E-state index in [1.165, 1.54) is 11.3 Å². The number of nitrogens with zero attached hydrogens (tertiary/aromatic N) is 4. The third kappa shape index (κ3) is 3.83. The second-order valence-electron chi connectivity index (χ2n) is 6.33. The maximum Gasteiger partial charge on any atom is 0.278 e. The van der Waals surface area contributed by atoms with Crippen LogP contribution in [0.4, 0.5) is 5.69 Å². The lowest BCUT2D eigenvalue weighted by molar-refractivity contribution is 0.102. The molecule has 4 rings (SSSR count). The number of carbonyl (C=O) groups excluding carboxylic acids is 1. The Morgan fingerprint density at radius 3 is 3.11 bits per heavy atom. The highest BCUT2D eigenvalue weighted by molar-refractivity contribution is 7.07. The van der Waals surface area contributed by atoms with Crippen molar-refractivity contribution in [3.8, 4) is 5.75 Å². The molecular weight excluding hydrogens is 364 g/mol. The van der Waals surface area contributed by atoms with Crippen molar-refractivity contribution in [1.29, 1.82) is 0 Å². The number of hydrogen-bond acceptors (Lipinski definition) is 7. The number of amides is 1. The summed E-state index contributed by atoms with van der Waals surface area (Å²) in [6.45, 7) is 4.02. The van der Waals surface area contributed by atoms with Gasteiger partial charge in [-0.05, 0) is 32.0 Å². The molecule has 0 bridgehead atoms. The number of carbonyl (C=O) groups is 1. The number of ether oxygens (including phenoxy) is 1. The maximum atomic E-state index is 12.7. The Morgan fingerprint density at radius 1 is 1.44 bits per heavy atom. The Balaban J connectivity index is 1.48. The van der Waals surface area contributed by atoms with Gasteiger partial charge in [-0.3, -0.25) is 4.79 Å². The fourth-order valence-electron chi connectivity index (χ4n) is 3.08. The zero-order valence-electron chi connectivity index (χ0n) is 14.9. The molecule has 1 aliphatic rings. The highest BCUT2D eigenvalue weighted by atomic mass is 32.1. The van der Waals surface area contributed by atoms with Crippen LogP contribution in [0.3, 0.4) is 0 Å². The summed E-state index contributed by atoms with van der Waals surface area (Å²) in [5.74, 6) is 0.290. The highest BCUT2D eigenvalue weighted by Crippen LogP contribution is 2.26. The third-order valence-corrected chi connectivity index (χ3v) is 5.15. The Labute approximate surface area is 160 Å². The Morgan fingerprint density at radius 2 is 2.33 bits per heavy atom. The average Bonchev–Trinajstić information content (AvgIpc) is 3.43. The van der Waals surface area contributed by atoms with Gasteiger partial charge in [-0.25, -0.2) is 9.67 Å². The van der Waals surface area contributed by atoms with Crippen LogP contribution in [0.25, 0.3) is 0 Å². The molecule has 140 valence electrons. The molecule has 1 aliphatic heterocycles. The second-order valence-corrected chi connectivity index (χ2v) is 7.05. The van der Waals surface area contributed by atoms with E-state index in [4.69, 9.17) is 4.74 Å². The van der Waals surface area contributed by atoms with Crippen molar-refractivity contribution >= 4 is 22.9 Å². The second kappa shape index (κ2) is 7.85. The first-order valence-corrected chi connectivity index (χ1v) is 9.69. The molecule has 3 aromatic rings. The zero-order chi connectivity index (χ0) is 18.6. The highest BCUT2D eigenvalue weighted by Gasteiger charge is 2.24. The third-order valence-electron chi connectivity index (χ3n) is 4.52. The number of para-hydroxylation sites is 2. The summed E-state index contributed by atoms with van der Waals surface area (Å²) in [5.41, 5.74) is 4.30. The molecule has 0 radical (unpaired) electrons. The Kier molecular flexibility index (Phi) is 5.12. The summed E-state index contributed by atoms with van der Waals surface area (Å²) in [6, 6.07) is 7.57. The molecule has 1 fully saturated rings. The van der Waals surface area contributed by atoms with Crippen LogP contribution in [0.1, 0.15) is 34.3 Å². The number of anilines is 1. The Bertz CT molecular complexity index is 918. The van der Waals surface area contributed by atoms with Crippen LogP contribution in [0.5, 0.6) is 5.75 Å². The predicted molar refractivity (Wildman–Crippen MR) is 102 cm³/mol. The summed E-state index contributed by atoms with van der Waals surface area (Å²) < 4.78 is 7.65. The molecule has 1 atom stereocenters. The van der Waals surface area contributed by atoms with Crippen molar-refractivity contribution in [3.63, 3.8) is 0 Å². The molecule has 0 saturated carbocycles. The van der Waals surface area contributed by atoms with Crippen molar-refractivity contribution < 1.29 is 9.53 Å². The van der Waals surface area contributed by atoms with Crippen LogP contribution in [0.15, 0.2) is 35.2 Å². The molecule has 8 nitrogen and oxygen atoms in total. The van der Waals surface area contributed by atoms with Gasteiger partial charge in [0, 0.05) is 11.9 Å². The van der Waals surface area contributed by atoms with E-state index in [9.17, 15) is 4.79 Å². The molecule has 0 aliphatic carbocycles. The molecule has 1 amide bonds. The summed E-state index contributed by atoms with van der Waals surface area (Å²) in [7, 11) is 0. The lowest BCUT2D eigenvalue weighted by atomic mass is 10.2. The minimum Gasteiger partial charge on any atom is -0.485 e. The van der Waals surface area contributed by atoms with E-state index in [-0.39, 0.29) is 11.9 Å². The van der Waals surface area contributed by atoms with Crippen molar-refractivity contribution in [2.75, 3.05) is 18.4 Å².